The lowest BCUT2D eigenvalue weighted by atomic mass is 9.76. The second-order valence-corrected chi connectivity index (χ2v) is 5.00. The highest BCUT2D eigenvalue weighted by Gasteiger charge is 2.23. The van der Waals surface area contributed by atoms with E-state index in [2.05, 4.69) is 44.8 Å². The zero-order valence-corrected chi connectivity index (χ0v) is 9.75. The van der Waals surface area contributed by atoms with Crippen molar-refractivity contribution in [2.45, 2.75) is 40.5 Å². The van der Waals surface area contributed by atoms with Crippen LogP contribution in [0.1, 0.15) is 39.8 Å². The van der Waals surface area contributed by atoms with Crippen LogP contribution in [0.5, 0.6) is 0 Å². The third-order valence-electron chi connectivity index (χ3n) is 2.90. The van der Waals surface area contributed by atoms with Crippen LogP contribution in [0.3, 0.4) is 0 Å². The first-order valence-corrected chi connectivity index (χ1v) is 5.44. The summed E-state index contributed by atoms with van der Waals surface area (Å²) in [6.45, 7) is 9.19. The van der Waals surface area contributed by atoms with Gasteiger partial charge in [0.1, 0.15) is 0 Å². The molecule has 1 nitrogen and oxygen atoms in total. The quantitative estimate of drug-likeness (QED) is 0.710. The minimum atomic E-state index is 0.381. The number of rotatable bonds is 3. The van der Waals surface area contributed by atoms with E-state index in [0.29, 0.717) is 5.41 Å². The van der Waals surface area contributed by atoms with Gasteiger partial charge < -0.3 is 0 Å². The molecular formula is C13H21N. The lowest BCUT2D eigenvalue weighted by Gasteiger charge is -2.29. The van der Waals surface area contributed by atoms with Crippen LogP contribution >= 0.6 is 0 Å². The van der Waals surface area contributed by atoms with Gasteiger partial charge in [0.2, 0.25) is 0 Å². The molecule has 1 aromatic heterocycles. The molecule has 0 saturated carbocycles. The van der Waals surface area contributed by atoms with Crippen molar-refractivity contribution >= 4 is 0 Å². The minimum Gasteiger partial charge on any atom is -0.261 e. The average Bonchev–Trinajstić information content (AvgIpc) is 2.14. The van der Waals surface area contributed by atoms with E-state index in [9.17, 15) is 0 Å². The molecule has 1 unspecified atom stereocenters. The van der Waals surface area contributed by atoms with Gasteiger partial charge in [-0.15, -0.1) is 0 Å². The Bertz CT molecular complexity index is 258. The lowest BCUT2D eigenvalue weighted by Crippen LogP contribution is -2.22. The molecule has 1 heteroatoms. The van der Waals surface area contributed by atoms with Gasteiger partial charge in [0.05, 0.1) is 0 Å². The molecule has 1 heterocycles. The van der Waals surface area contributed by atoms with E-state index in [0.717, 1.165) is 12.3 Å². The fourth-order valence-electron chi connectivity index (χ4n) is 1.83. The van der Waals surface area contributed by atoms with Gasteiger partial charge in [-0.2, -0.15) is 0 Å². The van der Waals surface area contributed by atoms with Crippen molar-refractivity contribution in [3.05, 3.63) is 30.1 Å². The smallest absolute Gasteiger partial charge is 0.0406 e. The van der Waals surface area contributed by atoms with Gasteiger partial charge in [0.15, 0.2) is 0 Å². The first-order chi connectivity index (χ1) is 6.54. The molecule has 0 bridgehead atoms. The molecule has 0 aliphatic heterocycles. The second kappa shape index (κ2) is 4.59. The maximum Gasteiger partial charge on any atom is 0.0406 e. The normalized spacial score (nSPS) is 14.0. The van der Waals surface area contributed by atoms with E-state index >= 15 is 0 Å². The Hall–Kier alpha value is -0.850. The van der Waals surface area contributed by atoms with Gasteiger partial charge in [0, 0.05) is 11.9 Å². The van der Waals surface area contributed by atoms with Crippen LogP contribution in [0.25, 0.3) is 0 Å². The summed E-state index contributed by atoms with van der Waals surface area (Å²) in [7, 11) is 0. The third kappa shape index (κ3) is 3.13. The number of aromatic nitrogens is 1. The molecule has 0 aliphatic rings. The minimum absolute atomic E-state index is 0.381. The van der Waals surface area contributed by atoms with E-state index in [-0.39, 0.29) is 0 Å². The molecule has 0 spiro atoms. The molecule has 0 saturated heterocycles. The van der Waals surface area contributed by atoms with Crippen molar-refractivity contribution in [1.82, 2.24) is 4.98 Å². The standard InChI is InChI=1S/C13H21N/c1-5-11(13(2,3)4)10-12-8-6-7-9-14-12/h6-9,11H,5,10H2,1-4H3. The number of hydrogen-bond acceptors (Lipinski definition) is 1. The topological polar surface area (TPSA) is 12.9 Å². The van der Waals surface area contributed by atoms with Crippen molar-refractivity contribution in [2.75, 3.05) is 0 Å². The van der Waals surface area contributed by atoms with Crippen LogP contribution in [-0.2, 0) is 6.42 Å². The van der Waals surface area contributed by atoms with Crippen LogP contribution in [0.2, 0.25) is 0 Å². The highest BCUT2D eigenvalue weighted by Crippen LogP contribution is 2.30. The fraction of sp³-hybridized carbons (Fsp3) is 0.615. The monoisotopic (exact) mass is 191 g/mol. The highest BCUT2D eigenvalue weighted by atomic mass is 14.7. The van der Waals surface area contributed by atoms with Gasteiger partial charge in [-0.3, -0.25) is 4.98 Å². The summed E-state index contributed by atoms with van der Waals surface area (Å²) < 4.78 is 0. The van der Waals surface area contributed by atoms with Gasteiger partial charge >= 0.3 is 0 Å². The first-order valence-electron chi connectivity index (χ1n) is 5.44. The van der Waals surface area contributed by atoms with E-state index < -0.39 is 0 Å². The predicted molar refractivity (Wildman–Crippen MR) is 61.2 cm³/mol. The molecule has 78 valence electrons. The van der Waals surface area contributed by atoms with Crippen molar-refractivity contribution in [3.63, 3.8) is 0 Å². The number of hydrogen-bond donors (Lipinski definition) is 0. The Morgan fingerprint density at radius 1 is 1.29 bits per heavy atom. The summed E-state index contributed by atoms with van der Waals surface area (Å²) >= 11 is 0. The third-order valence-corrected chi connectivity index (χ3v) is 2.90. The molecule has 1 atom stereocenters. The van der Waals surface area contributed by atoms with E-state index in [4.69, 9.17) is 0 Å². The molecule has 0 radical (unpaired) electrons. The van der Waals surface area contributed by atoms with Crippen molar-refractivity contribution < 1.29 is 0 Å². The van der Waals surface area contributed by atoms with Gasteiger partial charge in [-0.05, 0) is 29.9 Å². The average molecular weight is 191 g/mol. The van der Waals surface area contributed by atoms with E-state index in [1.54, 1.807) is 0 Å². The van der Waals surface area contributed by atoms with Crippen molar-refractivity contribution in [1.29, 1.82) is 0 Å². The Morgan fingerprint density at radius 3 is 2.43 bits per heavy atom. The van der Waals surface area contributed by atoms with Crippen LogP contribution in [-0.4, -0.2) is 4.98 Å². The molecular weight excluding hydrogens is 170 g/mol. The van der Waals surface area contributed by atoms with Gasteiger partial charge in [-0.1, -0.05) is 40.2 Å². The van der Waals surface area contributed by atoms with Crippen molar-refractivity contribution in [3.8, 4) is 0 Å². The zero-order valence-electron chi connectivity index (χ0n) is 9.75. The van der Waals surface area contributed by atoms with Crippen LogP contribution in [0.15, 0.2) is 24.4 Å². The predicted octanol–water partition coefficient (Wildman–Crippen LogP) is 3.70. The van der Waals surface area contributed by atoms with E-state index in [1.807, 2.05) is 12.3 Å². The maximum absolute atomic E-state index is 4.38. The van der Waals surface area contributed by atoms with E-state index in [1.165, 1.54) is 12.1 Å². The molecule has 14 heavy (non-hydrogen) atoms. The highest BCUT2D eigenvalue weighted by molar-refractivity contribution is 5.05. The number of nitrogens with zero attached hydrogens (tertiary/aromatic N) is 1. The first kappa shape index (κ1) is 11.2. The SMILES string of the molecule is CCC(Cc1ccccn1)C(C)(C)C. The molecule has 0 aliphatic carbocycles. The van der Waals surface area contributed by atoms with Gasteiger partial charge in [-0.25, -0.2) is 0 Å². The zero-order chi connectivity index (χ0) is 10.6. The van der Waals surface area contributed by atoms with Crippen LogP contribution in [0.4, 0.5) is 0 Å². The molecule has 0 fully saturated rings. The molecule has 1 rings (SSSR count). The summed E-state index contributed by atoms with van der Waals surface area (Å²) in [4.78, 5) is 4.38. The van der Waals surface area contributed by atoms with Crippen LogP contribution in [0, 0.1) is 11.3 Å². The Morgan fingerprint density at radius 2 is 2.00 bits per heavy atom. The summed E-state index contributed by atoms with van der Waals surface area (Å²) in [5, 5.41) is 0. The molecule has 0 N–H and O–H groups in total. The summed E-state index contributed by atoms with van der Waals surface area (Å²) in [5.41, 5.74) is 1.60. The summed E-state index contributed by atoms with van der Waals surface area (Å²) in [6.07, 6.45) is 4.20. The largest absolute Gasteiger partial charge is 0.261 e. The number of pyridine rings is 1. The molecule has 0 aromatic carbocycles. The Balaban J connectivity index is 2.67. The second-order valence-electron chi connectivity index (χ2n) is 5.00. The lowest BCUT2D eigenvalue weighted by molar-refractivity contribution is 0.230. The maximum atomic E-state index is 4.38. The Kier molecular flexibility index (Phi) is 3.68. The fourth-order valence-corrected chi connectivity index (χ4v) is 1.83. The Labute approximate surface area is 87.6 Å². The summed E-state index contributed by atoms with van der Waals surface area (Å²) in [6, 6.07) is 6.16. The van der Waals surface area contributed by atoms with Crippen LogP contribution < -0.4 is 0 Å². The van der Waals surface area contributed by atoms with Gasteiger partial charge in [0.25, 0.3) is 0 Å². The molecule has 0 amide bonds. The molecule has 1 aromatic rings. The summed E-state index contributed by atoms with van der Waals surface area (Å²) in [5.74, 6) is 0.720. The van der Waals surface area contributed by atoms with Crippen molar-refractivity contribution in [2.24, 2.45) is 11.3 Å².